The van der Waals surface area contributed by atoms with Crippen LogP contribution in [0.5, 0.6) is 0 Å². The number of benzene rings is 2. The first-order valence-corrected chi connectivity index (χ1v) is 5.95. The van der Waals surface area contributed by atoms with Crippen LogP contribution in [0.4, 0.5) is 10.1 Å². The zero-order valence-electron chi connectivity index (χ0n) is 10.6. The molecule has 0 radical (unpaired) electrons. The maximum absolute atomic E-state index is 12.7. The number of halogens is 1. The second kappa shape index (κ2) is 5.96. The van der Waals surface area contributed by atoms with Crippen molar-refractivity contribution in [2.75, 3.05) is 5.32 Å². The molecule has 2 rings (SSSR count). The van der Waals surface area contributed by atoms with Gasteiger partial charge in [0.05, 0.1) is 0 Å². The van der Waals surface area contributed by atoms with E-state index in [9.17, 15) is 9.18 Å². The van der Waals surface area contributed by atoms with Crippen LogP contribution in [0.2, 0.25) is 0 Å². The van der Waals surface area contributed by atoms with Crippen molar-refractivity contribution in [2.24, 2.45) is 0 Å². The third-order valence-corrected chi connectivity index (χ3v) is 2.57. The number of hydrogen-bond acceptors (Lipinski definition) is 1. The summed E-state index contributed by atoms with van der Waals surface area (Å²) in [7, 11) is 0. The Bertz CT molecular complexity index is 585. The van der Waals surface area contributed by atoms with Crippen LogP contribution in [0.15, 0.2) is 48.5 Å². The molecule has 0 bridgehead atoms. The lowest BCUT2D eigenvalue weighted by atomic mass is 10.1. The van der Waals surface area contributed by atoms with Gasteiger partial charge in [-0.1, -0.05) is 36.4 Å². The lowest BCUT2D eigenvalue weighted by Gasteiger charge is -2.01. The summed E-state index contributed by atoms with van der Waals surface area (Å²) in [5.74, 6) is -0.327. The highest BCUT2D eigenvalue weighted by atomic mass is 19.1. The molecule has 2 aromatic carbocycles. The molecule has 0 heterocycles. The number of rotatable bonds is 3. The first kappa shape index (κ1) is 13.0. The molecule has 0 spiro atoms. The fourth-order valence-electron chi connectivity index (χ4n) is 1.65. The van der Waals surface area contributed by atoms with Gasteiger partial charge in [-0.25, -0.2) is 4.39 Å². The first-order valence-electron chi connectivity index (χ1n) is 5.95. The number of nitrogens with one attached hydrogen (secondary N) is 1. The molecular formula is C16H14FNO. The van der Waals surface area contributed by atoms with Gasteiger partial charge in [0.2, 0.25) is 5.91 Å². The van der Waals surface area contributed by atoms with Gasteiger partial charge in [0.15, 0.2) is 0 Å². The standard InChI is InChI=1S/C16H14FNO/c1-12(19)18-16-10-6-14(7-11-16)3-2-13-4-8-15(17)9-5-13/h2-11H,1H3,(H,18,19)/b3-2+. The van der Waals surface area contributed by atoms with Crippen molar-refractivity contribution >= 4 is 23.7 Å². The number of hydrogen-bond donors (Lipinski definition) is 1. The summed E-state index contributed by atoms with van der Waals surface area (Å²) in [5.41, 5.74) is 2.72. The van der Waals surface area contributed by atoms with Crippen LogP contribution in [0.3, 0.4) is 0 Å². The predicted octanol–water partition coefficient (Wildman–Crippen LogP) is 3.95. The van der Waals surface area contributed by atoms with Gasteiger partial charge in [0, 0.05) is 12.6 Å². The smallest absolute Gasteiger partial charge is 0.221 e. The minimum absolute atomic E-state index is 0.0883. The third-order valence-electron chi connectivity index (χ3n) is 2.57. The van der Waals surface area contributed by atoms with Crippen molar-refractivity contribution < 1.29 is 9.18 Å². The van der Waals surface area contributed by atoms with Gasteiger partial charge >= 0.3 is 0 Å². The molecule has 0 unspecified atom stereocenters. The molecule has 0 aliphatic rings. The lowest BCUT2D eigenvalue weighted by Crippen LogP contribution is -2.05. The molecular weight excluding hydrogens is 241 g/mol. The van der Waals surface area contributed by atoms with E-state index in [-0.39, 0.29) is 11.7 Å². The van der Waals surface area contributed by atoms with E-state index >= 15 is 0 Å². The molecule has 0 atom stereocenters. The number of carbonyl (C=O) groups is 1. The monoisotopic (exact) mass is 255 g/mol. The van der Waals surface area contributed by atoms with E-state index in [4.69, 9.17) is 0 Å². The lowest BCUT2D eigenvalue weighted by molar-refractivity contribution is -0.114. The molecule has 3 heteroatoms. The Hall–Kier alpha value is -2.42. The fraction of sp³-hybridized carbons (Fsp3) is 0.0625. The molecule has 1 N–H and O–H groups in total. The Kier molecular flexibility index (Phi) is 4.08. The largest absolute Gasteiger partial charge is 0.326 e. The molecule has 0 saturated heterocycles. The maximum Gasteiger partial charge on any atom is 0.221 e. The molecule has 1 amide bonds. The zero-order valence-corrected chi connectivity index (χ0v) is 10.6. The average Bonchev–Trinajstić information content (AvgIpc) is 2.39. The molecule has 0 aliphatic carbocycles. The topological polar surface area (TPSA) is 29.1 Å². The second-order valence-electron chi connectivity index (χ2n) is 4.19. The number of anilines is 1. The normalized spacial score (nSPS) is 10.6. The van der Waals surface area contributed by atoms with Crippen molar-refractivity contribution in [3.8, 4) is 0 Å². The molecule has 19 heavy (non-hydrogen) atoms. The van der Waals surface area contributed by atoms with Gasteiger partial charge in [-0.15, -0.1) is 0 Å². The second-order valence-corrected chi connectivity index (χ2v) is 4.19. The van der Waals surface area contributed by atoms with Gasteiger partial charge in [-0.05, 0) is 35.4 Å². The zero-order chi connectivity index (χ0) is 13.7. The van der Waals surface area contributed by atoms with Crippen molar-refractivity contribution in [1.29, 1.82) is 0 Å². The van der Waals surface area contributed by atoms with Gasteiger partial charge in [-0.2, -0.15) is 0 Å². The minimum atomic E-state index is -0.239. The Morgan fingerprint density at radius 1 is 0.947 bits per heavy atom. The van der Waals surface area contributed by atoms with Crippen LogP contribution < -0.4 is 5.32 Å². The summed E-state index contributed by atoms with van der Waals surface area (Å²) >= 11 is 0. The van der Waals surface area contributed by atoms with E-state index in [0.717, 1.165) is 16.8 Å². The summed E-state index contributed by atoms with van der Waals surface area (Å²) < 4.78 is 12.7. The summed E-state index contributed by atoms with van der Waals surface area (Å²) in [4.78, 5) is 10.9. The van der Waals surface area contributed by atoms with Crippen molar-refractivity contribution in [3.63, 3.8) is 0 Å². The highest BCUT2D eigenvalue weighted by Crippen LogP contribution is 2.13. The highest BCUT2D eigenvalue weighted by molar-refractivity contribution is 5.88. The van der Waals surface area contributed by atoms with E-state index in [2.05, 4.69) is 5.32 Å². The summed E-state index contributed by atoms with van der Waals surface area (Å²) in [6.45, 7) is 1.47. The molecule has 0 aromatic heterocycles. The Morgan fingerprint density at radius 3 is 1.89 bits per heavy atom. The molecule has 2 nitrogen and oxygen atoms in total. The fourth-order valence-corrected chi connectivity index (χ4v) is 1.65. The van der Waals surface area contributed by atoms with Crippen LogP contribution in [-0.4, -0.2) is 5.91 Å². The van der Waals surface area contributed by atoms with Crippen LogP contribution in [0, 0.1) is 5.82 Å². The van der Waals surface area contributed by atoms with Crippen molar-refractivity contribution in [1.82, 2.24) is 0 Å². The number of amides is 1. The average molecular weight is 255 g/mol. The van der Waals surface area contributed by atoms with Crippen molar-refractivity contribution in [2.45, 2.75) is 6.92 Å². The van der Waals surface area contributed by atoms with Gasteiger partial charge in [-0.3, -0.25) is 4.79 Å². The van der Waals surface area contributed by atoms with E-state index in [1.165, 1.54) is 19.1 Å². The van der Waals surface area contributed by atoms with Crippen molar-refractivity contribution in [3.05, 3.63) is 65.5 Å². The molecule has 0 aliphatic heterocycles. The quantitative estimate of drug-likeness (QED) is 0.826. The minimum Gasteiger partial charge on any atom is -0.326 e. The van der Waals surface area contributed by atoms with Gasteiger partial charge in [0.25, 0.3) is 0 Å². The summed E-state index contributed by atoms with van der Waals surface area (Å²) in [6, 6.07) is 13.8. The summed E-state index contributed by atoms with van der Waals surface area (Å²) in [5, 5.41) is 2.71. The van der Waals surface area contributed by atoms with Gasteiger partial charge in [0.1, 0.15) is 5.82 Å². The van der Waals surface area contributed by atoms with E-state index in [1.54, 1.807) is 12.1 Å². The first-order chi connectivity index (χ1) is 9.13. The highest BCUT2D eigenvalue weighted by Gasteiger charge is 1.94. The summed E-state index contributed by atoms with van der Waals surface area (Å²) in [6.07, 6.45) is 3.84. The van der Waals surface area contributed by atoms with Crippen LogP contribution in [0.25, 0.3) is 12.2 Å². The number of carbonyl (C=O) groups excluding carboxylic acids is 1. The Labute approximate surface area is 111 Å². The van der Waals surface area contributed by atoms with Crippen LogP contribution >= 0.6 is 0 Å². The molecule has 2 aromatic rings. The van der Waals surface area contributed by atoms with Crippen LogP contribution in [-0.2, 0) is 4.79 Å². The molecule has 0 saturated carbocycles. The Morgan fingerprint density at radius 2 is 1.42 bits per heavy atom. The van der Waals surface area contributed by atoms with Crippen LogP contribution in [0.1, 0.15) is 18.1 Å². The predicted molar refractivity (Wildman–Crippen MR) is 76.1 cm³/mol. The SMILES string of the molecule is CC(=O)Nc1ccc(/C=C/c2ccc(F)cc2)cc1. The molecule has 96 valence electrons. The third kappa shape index (κ3) is 4.07. The van der Waals surface area contributed by atoms with E-state index in [1.807, 2.05) is 36.4 Å². The van der Waals surface area contributed by atoms with E-state index in [0.29, 0.717) is 0 Å². The molecule has 0 fully saturated rings. The van der Waals surface area contributed by atoms with E-state index < -0.39 is 0 Å². The van der Waals surface area contributed by atoms with Gasteiger partial charge < -0.3 is 5.32 Å². The Balaban J connectivity index is 2.06. The maximum atomic E-state index is 12.7.